The highest BCUT2D eigenvalue weighted by Crippen LogP contribution is 2.42. The van der Waals surface area contributed by atoms with Crippen molar-refractivity contribution in [2.75, 3.05) is 5.32 Å². The number of carbonyl (C=O) groups excluding carboxylic acids is 2. The number of thiazole rings is 1. The Balaban J connectivity index is 1.33. The molecule has 2 N–H and O–H groups in total. The Hall–Kier alpha value is -2.52. The first-order valence-electron chi connectivity index (χ1n) is 10.1. The van der Waals surface area contributed by atoms with Crippen LogP contribution in [0, 0.1) is 5.41 Å². The van der Waals surface area contributed by atoms with Crippen LogP contribution in [-0.4, -0.2) is 21.8 Å². The molecule has 158 valence electrons. The summed E-state index contributed by atoms with van der Waals surface area (Å²) in [4.78, 5) is 34.8. The van der Waals surface area contributed by atoms with Gasteiger partial charge in [-0.25, -0.2) is 9.97 Å². The molecule has 0 bridgehead atoms. The zero-order valence-electron chi connectivity index (χ0n) is 16.6. The van der Waals surface area contributed by atoms with Crippen LogP contribution in [0.4, 0.5) is 5.13 Å². The minimum absolute atomic E-state index is 0.0559. The molecular weight excluding hydrogens is 420 g/mol. The molecule has 0 aliphatic heterocycles. The number of nitrogens with one attached hydrogen (secondary N) is 2. The molecule has 0 spiro atoms. The fourth-order valence-electron chi connectivity index (χ4n) is 4.00. The average molecular weight is 445 g/mol. The molecule has 1 saturated carbocycles. The third-order valence-corrected chi connectivity index (χ3v) is 6.96. The Morgan fingerprint density at radius 2 is 1.93 bits per heavy atom. The Kier molecular flexibility index (Phi) is 6.59. The number of amides is 2. The van der Waals surface area contributed by atoms with Gasteiger partial charge in [0.1, 0.15) is 6.26 Å². The molecule has 3 aromatic heterocycles. The lowest BCUT2D eigenvalue weighted by Gasteiger charge is -2.36. The van der Waals surface area contributed by atoms with E-state index in [0.717, 1.165) is 37.0 Å². The average Bonchev–Trinajstić information content (AvgIpc) is 3.49. The number of oxazole rings is 1. The normalized spacial score (nSPS) is 15.6. The number of anilines is 1. The number of hydrogen-bond acceptors (Lipinski definition) is 7. The van der Waals surface area contributed by atoms with E-state index in [1.165, 1.54) is 11.3 Å². The number of hydrogen-bond donors (Lipinski definition) is 2. The Bertz CT molecular complexity index is 960. The second-order valence-electron chi connectivity index (χ2n) is 7.70. The Morgan fingerprint density at radius 3 is 2.67 bits per heavy atom. The number of aromatic nitrogens is 2. The van der Waals surface area contributed by atoms with E-state index in [1.54, 1.807) is 23.8 Å². The van der Waals surface area contributed by atoms with Crippen LogP contribution in [0.3, 0.4) is 0 Å². The summed E-state index contributed by atoms with van der Waals surface area (Å²) in [7, 11) is 0. The molecule has 9 heteroatoms. The van der Waals surface area contributed by atoms with Crippen molar-refractivity contribution in [2.24, 2.45) is 5.41 Å². The van der Waals surface area contributed by atoms with Crippen LogP contribution in [0.15, 0.2) is 39.8 Å². The Morgan fingerprint density at radius 1 is 1.10 bits per heavy atom. The van der Waals surface area contributed by atoms with Gasteiger partial charge in [0.25, 0.3) is 0 Å². The molecule has 1 aliphatic carbocycles. The molecule has 1 fully saturated rings. The summed E-state index contributed by atoms with van der Waals surface area (Å²) in [6.07, 6.45) is 8.94. The van der Waals surface area contributed by atoms with Gasteiger partial charge in [0.15, 0.2) is 5.13 Å². The fourth-order valence-corrected chi connectivity index (χ4v) is 5.20. The van der Waals surface area contributed by atoms with Crippen LogP contribution in [0.2, 0.25) is 0 Å². The second kappa shape index (κ2) is 9.53. The van der Waals surface area contributed by atoms with Crippen molar-refractivity contribution in [3.63, 3.8) is 0 Å². The van der Waals surface area contributed by atoms with E-state index in [-0.39, 0.29) is 17.2 Å². The summed E-state index contributed by atoms with van der Waals surface area (Å²) in [5.74, 6) is 0.438. The van der Waals surface area contributed by atoms with Gasteiger partial charge in [0, 0.05) is 24.4 Å². The first-order chi connectivity index (χ1) is 14.6. The maximum atomic E-state index is 12.7. The second-order valence-corrected chi connectivity index (χ2v) is 9.54. The van der Waals surface area contributed by atoms with Gasteiger partial charge in [-0.3, -0.25) is 9.59 Å². The van der Waals surface area contributed by atoms with Crippen LogP contribution < -0.4 is 10.6 Å². The number of carbonyl (C=O) groups is 2. The van der Waals surface area contributed by atoms with Crippen molar-refractivity contribution in [3.8, 4) is 10.8 Å². The molecule has 0 unspecified atom stereocenters. The third-order valence-electron chi connectivity index (χ3n) is 5.41. The van der Waals surface area contributed by atoms with Gasteiger partial charge in [0.2, 0.25) is 17.7 Å². The third kappa shape index (κ3) is 5.34. The van der Waals surface area contributed by atoms with Crippen molar-refractivity contribution >= 4 is 39.6 Å². The quantitative estimate of drug-likeness (QED) is 0.518. The van der Waals surface area contributed by atoms with E-state index in [1.807, 2.05) is 22.9 Å². The van der Waals surface area contributed by atoms with Crippen molar-refractivity contribution in [1.82, 2.24) is 15.3 Å². The van der Waals surface area contributed by atoms with E-state index >= 15 is 0 Å². The number of nitrogens with zero attached hydrogens (tertiary/aromatic N) is 2. The summed E-state index contributed by atoms with van der Waals surface area (Å²) < 4.78 is 5.50. The zero-order chi connectivity index (χ0) is 20.8. The predicted molar refractivity (Wildman–Crippen MR) is 117 cm³/mol. The molecule has 3 aromatic rings. The molecule has 0 aromatic carbocycles. The van der Waals surface area contributed by atoms with Crippen molar-refractivity contribution in [2.45, 2.75) is 51.5 Å². The molecule has 30 heavy (non-hydrogen) atoms. The van der Waals surface area contributed by atoms with Crippen LogP contribution >= 0.6 is 22.7 Å². The summed E-state index contributed by atoms with van der Waals surface area (Å²) in [5, 5.41) is 10.2. The summed E-state index contributed by atoms with van der Waals surface area (Å²) >= 11 is 2.95. The minimum Gasteiger partial charge on any atom is -0.443 e. The van der Waals surface area contributed by atoms with Gasteiger partial charge in [-0.1, -0.05) is 25.3 Å². The standard InChI is InChI=1S/C21H24N4O3S2/c26-17(23-13-15-14-28-19(24-15)16-5-4-9-29-16)11-21(6-2-1-3-7-21)12-18(27)25-20-22-8-10-30-20/h4-5,8-10,14H,1-3,6-7,11-13H2,(H,23,26)(H,22,25,27). The van der Waals surface area contributed by atoms with E-state index in [9.17, 15) is 9.59 Å². The largest absolute Gasteiger partial charge is 0.443 e. The molecule has 7 nitrogen and oxygen atoms in total. The van der Waals surface area contributed by atoms with Gasteiger partial charge in [-0.15, -0.1) is 22.7 Å². The number of thiophene rings is 1. The van der Waals surface area contributed by atoms with E-state index in [4.69, 9.17) is 4.42 Å². The number of rotatable bonds is 8. The summed E-state index contributed by atoms with van der Waals surface area (Å²) in [6, 6.07) is 3.89. The highest BCUT2D eigenvalue weighted by atomic mass is 32.1. The smallest absolute Gasteiger partial charge is 0.236 e. The van der Waals surface area contributed by atoms with Crippen molar-refractivity contribution in [3.05, 3.63) is 41.0 Å². The predicted octanol–water partition coefficient (Wildman–Crippen LogP) is 4.85. The summed E-state index contributed by atoms with van der Waals surface area (Å²) in [5.41, 5.74) is 0.390. The zero-order valence-corrected chi connectivity index (χ0v) is 18.2. The molecule has 2 amide bonds. The lowest BCUT2D eigenvalue weighted by atomic mass is 9.69. The van der Waals surface area contributed by atoms with E-state index < -0.39 is 0 Å². The van der Waals surface area contributed by atoms with Crippen LogP contribution in [-0.2, 0) is 16.1 Å². The van der Waals surface area contributed by atoms with Gasteiger partial charge in [0.05, 0.1) is 17.1 Å². The van der Waals surface area contributed by atoms with Gasteiger partial charge < -0.3 is 15.1 Å². The first-order valence-corrected chi connectivity index (χ1v) is 11.8. The van der Waals surface area contributed by atoms with Crippen molar-refractivity contribution in [1.29, 1.82) is 0 Å². The maximum absolute atomic E-state index is 12.7. The molecular formula is C21H24N4O3S2. The SMILES string of the molecule is O=C(CC1(CC(=O)Nc2nccs2)CCCCC1)NCc1coc(-c2cccs2)n1. The molecule has 0 saturated heterocycles. The van der Waals surface area contributed by atoms with E-state index in [0.29, 0.717) is 36.1 Å². The highest BCUT2D eigenvalue weighted by Gasteiger charge is 2.36. The van der Waals surface area contributed by atoms with Gasteiger partial charge in [-0.2, -0.15) is 0 Å². The molecule has 0 atom stereocenters. The lowest BCUT2D eigenvalue weighted by molar-refractivity contribution is -0.126. The minimum atomic E-state index is -0.296. The molecule has 3 heterocycles. The summed E-state index contributed by atoms with van der Waals surface area (Å²) in [6.45, 7) is 0.315. The monoisotopic (exact) mass is 444 g/mol. The topological polar surface area (TPSA) is 97.1 Å². The molecule has 4 rings (SSSR count). The Labute approximate surface area is 182 Å². The van der Waals surface area contributed by atoms with Crippen LogP contribution in [0.25, 0.3) is 10.8 Å². The van der Waals surface area contributed by atoms with Crippen LogP contribution in [0.1, 0.15) is 50.6 Å². The van der Waals surface area contributed by atoms with Gasteiger partial charge >= 0.3 is 0 Å². The maximum Gasteiger partial charge on any atom is 0.236 e. The lowest BCUT2D eigenvalue weighted by Crippen LogP contribution is -2.36. The van der Waals surface area contributed by atoms with Crippen molar-refractivity contribution < 1.29 is 14.0 Å². The molecule has 0 radical (unpaired) electrons. The van der Waals surface area contributed by atoms with Gasteiger partial charge in [-0.05, 0) is 29.7 Å². The van der Waals surface area contributed by atoms with Crippen LogP contribution in [0.5, 0.6) is 0 Å². The first kappa shape index (κ1) is 20.7. The molecule has 1 aliphatic rings. The highest BCUT2D eigenvalue weighted by molar-refractivity contribution is 7.13. The van der Waals surface area contributed by atoms with E-state index in [2.05, 4.69) is 20.6 Å². The fraction of sp³-hybridized carbons (Fsp3) is 0.429.